The fourth-order valence-electron chi connectivity index (χ4n) is 1.10. The predicted octanol–water partition coefficient (Wildman–Crippen LogP) is 1.19. The van der Waals surface area contributed by atoms with Gasteiger partial charge in [-0.15, -0.1) is 0 Å². The molecule has 1 rings (SSSR count). The highest BCUT2D eigenvalue weighted by atomic mass is 16.5. The maximum atomic E-state index is 10.6. The Morgan fingerprint density at radius 2 is 2.07 bits per heavy atom. The molecule has 1 aromatic carbocycles. The van der Waals surface area contributed by atoms with Crippen LogP contribution in [0.3, 0.4) is 0 Å². The van der Waals surface area contributed by atoms with Crippen LogP contribution in [0.15, 0.2) is 12.1 Å². The average molecular weight is 189 g/mol. The Bertz CT molecular complexity index is 418. The summed E-state index contributed by atoms with van der Waals surface area (Å²) in [5, 5.41) is 8.71. The van der Waals surface area contributed by atoms with E-state index in [2.05, 4.69) is 0 Å². The van der Waals surface area contributed by atoms with E-state index in [-0.39, 0.29) is 16.9 Å². The zero-order valence-corrected chi connectivity index (χ0v) is 7.48. The number of ether oxygens (including phenoxy) is 1. The van der Waals surface area contributed by atoms with Gasteiger partial charge >= 0.3 is 0 Å². The maximum absolute atomic E-state index is 10.6. The fraction of sp³-hybridized carbons (Fsp3) is 0.100. The third-order valence-electron chi connectivity index (χ3n) is 1.76. The van der Waals surface area contributed by atoms with Crippen molar-refractivity contribution in [3.8, 4) is 11.8 Å². The van der Waals surface area contributed by atoms with Crippen LogP contribution in [0, 0.1) is 11.3 Å². The lowest BCUT2D eigenvalue weighted by molar-refractivity contribution is 0.111. The molecule has 0 amide bonds. The SMILES string of the molecule is COc1cc(C=O)cc(C#N)c1C=O. The van der Waals surface area contributed by atoms with Crippen LogP contribution in [0.4, 0.5) is 0 Å². The quantitative estimate of drug-likeness (QED) is 0.670. The average Bonchev–Trinajstić information content (AvgIpc) is 2.26. The summed E-state index contributed by atoms with van der Waals surface area (Å²) in [5.74, 6) is 0.237. The molecule has 14 heavy (non-hydrogen) atoms. The summed E-state index contributed by atoms with van der Waals surface area (Å²) >= 11 is 0. The molecule has 0 aliphatic carbocycles. The van der Waals surface area contributed by atoms with Crippen molar-refractivity contribution in [1.82, 2.24) is 0 Å². The van der Waals surface area contributed by atoms with Gasteiger partial charge in [-0.2, -0.15) is 5.26 Å². The monoisotopic (exact) mass is 189 g/mol. The Hall–Kier alpha value is -2.15. The zero-order chi connectivity index (χ0) is 10.6. The third-order valence-corrected chi connectivity index (χ3v) is 1.76. The highest BCUT2D eigenvalue weighted by molar-refractivity contribution is 5.87. The second kappa shape index (κ2) is 4.19. The summed E-state index contributed by atoms with van der Waals surface area (Å²) in [4.78, 5) is 21.1. The minimum absolute atomic E-state index is 0.140. The normalized spacial score (nSPS) is 8.86. The summed E-state index contributed by atoms with van der Waals surface area (Å²) in [6.07, 6.45) is 1.13. The van der Waals surface area contributed by atoms with E-state index in [1.54, 1.807) is 0 Å². The van der Waals surface area contributed by atoms with Crippen LogP contribution < -0.4 is 4.74 Å². The van der Waals surface area contributed by atoms with Gasteiger partial charge in [-0.25, -0.2) is 0 Å². The molecule has 1 aromatic rings. The minimum Gasteiger partial charge on any atom is -0.496 e. The Kier molecular flexibility index (Phi) is 2.97. The number of nitriles is 1. The van der Waals surface area contributed by atoms with Crippen molar-refractivity contribution in [2.24, 2.45) is 0 Å². The van der Waals surface area contributed by atoms with Gasteiger partial charge in [0.1, 0.15) is 18.1 Å². The Balaban J connectivity index is 3.48. The molecule has 0 spiro atoms. The van der Waals surface area contributed by atoms with Crippen molar-refractivity contribution in [3.05, 3.63) is 28.8 Å². The molecule has 0 atom stereocenters. The molecule has 0 saturated heterocycles. The van der Waals surface area contributed by atoms with E-state index in [1.165, 1.54) is 19.2 Å². The van der Waals surface area contributed by atoms with E-state index in [4.69, 9.17) is 10.00 Å². The number of carbonyl (C=O) groups excluding carboxylic acids is 2. The van der Waals surface area contributed by atoms with Crippen molar-refractivity contribution < 1.29 is 14.3 Å². The molecule has 0 heterocycles. The summed E-state index contributed by atoms with van der Waals surface area (Å²) in [5.41, 5.74) is 0.617. The van der Waals surface area contributed by atoms with Gasteiger partial charge in [0, 0.05) is 5.56 Å². The van der Waals surface area contributed by atoms with E-state index in [1.807, 2.05) is 6.07 Å². The van der Waals surface area contributed by atoms with Gasteiger partial charge in [0.05, 0.1) is 18.2 Å². The van der Waals surface area contributed by atoms with Gasteiger partial charge < -0.3 is 4.74 Å². The number of nitrogens with zero attached hydrogens (tertiary/aromatic N) is 1. The molecule has 0 aliphatic heterocycles. The second-order valence-electron chi connectivity index (χ2n) is 2.53. The number of hydrogen-bond donors (Lipinski definition) is 0. The number of hydrogen-bond acceptors (Lipinski definition) is 4. The lowest BCUT2D eigenvalue weighted by Gasteiger charge is -2.05. The minimum atomic E-state index is 0.140. The van der Waals surface area contributed by atoms with Crippen LogP contribution >= 0.6 is 0 Å². The van der Waals surface area contributed by atoms with E-state index >= 15 is 0 Å². The van der Waals surface area contributed by atoms with Crippen molar-refractivity contribution >= 4 is 12.6 Å². The van der Waals surface area contributed by atoms with E-state index < -0.39 is 0 Å². The van der Waals surface area contributed by atoms with Crippen molar-refractivity contribution in [3.63, 3.8) is 0 Å². The topological polar surface area (TPSA) is 67.2 Å². The van der Waals surface area contributed by atoms with Crippen molar-refractivity contribution in [2.75, 3.05) is 7.11 Å². The van der Waals surface area contributed by atoms with E-state index in [0.29, 0.717) is 18.1 Å². The van der Waals surface area contributed by atoms with Crippen LogP contribution in [-0.4, -0.2) is 19.7 Å². The maximum Gasteiger partial charge on any atom is 0.155 e. The molecule has 0 saturated carbocycles. The summed E-state index contributed by atoms with van der Waals surface area (Å²) in [6.45, 7) is 0. The highest BCUT2D eigenvalue weighted by Crippen LogP contribution is 2.21. The van der Waals surface area contributed by atoms with Crippen molar-refractivity contribution in [2.45, 2.75) is 0 Å². The van der Waals surface area contributed by atoms with Gasteiger partial charge in [0.15, 0.2) is 6.29 Å². The molecule has 70 valence electrons. The molecule has 4 nitrogen and oxygen atoms in total. The first-order chi connectivity index (χ1) is 6.76. The third kappa shape index (κ3) is 1.62. The van der Waals surface area contributed by atoms with Gasteiger partial charge in [0.2, 0.25) is 0 Å². The smallest absolute Gasteiger partial charge is 0.155 e. The fourth-order valence-corrected chi connectivity index (χ4v) is 1.10. The van der Waals surface area contributed by atoms with Gasteiger partial charge in [0.25, 0.3) is 0 Å². The molecular formula is C10H7NO3. The molecule has 0 aromatic heterocycles. The highest BCUT2D eigenvalue weighted by Gasteiger charge is 2.10. The van der Waals surface area contributed by atoms with E-state index in [0.717, 1.165) is 0 Å². The molecule has 0 N–H and O–H groups in total. The van der Waals surface area contributed by atoms with Gasteiger partial charge in [-0.1, -0.05) is 0 Å². The van der Waals surface area contributed by atoms with E-state index in [9.17, 15) is 9.59 Å². The molecule has 0 fully saturated rings. The number of carbonyl (C=O) groups is 2. The summed E-state index contributed by atoms with van der Waals surface area (Å²) in [7, 11) is 1.37. The molecule has 4 heteroatoms. The zero-order valence-electron chi connectivity index (χ0n) is 7.48. The number of rotatable bonds is 3. The van der Waals surface area contributed by atoms with Crippen LogP contribution in [-0.2, 0) is 0 Å². The van der Waals surface area contributed by atoms with Crippen LogP contribution in [0.5, 0.6) is 5.75 Å². The Morgan fingerprint density at radius 1 is 1.36 bits per heavy atom. The first-order valence-electron chi connectivity index (χ1n) is 3.79. The summed E-state index contributed by atoms with van der Waals surface area (Å²) < 4.78 is 4.88. The van der Waals surface area contributed by atoms with Gasteiger partial charge in [-0.3, -0.25) is 9.59 Å². The Morgan fingerprint density at radius 3 is 2.50 bits per heavy atom. The largest absolute Gasteiger partial charge is 0.496 e. The Labute approximate surface area is 80.7 Å². The number of benzene rings is 1. The molecule has 0 bridgehead atoms. The number of methoxy groups -OCH3 is 1. The van der Waals surface area contributed by atoms with Crippen LogP contribution in [0.2, 0.25) is 0 Å². The number of aldehydes is 2. The van der Waals surface area contributed by atoms with Crippen LogP contribution in [0.1, 0.15) is 26.3 Å². The standard InChI is InChI=1S/C10H7NO3/c1-14-10-3-7(5-12)2-8(4-11)9(10)6-13/h2-3,5-6H,1H3. The first-order valence-corrected chi connectivity index (χ1v) is 3.79. The molecule has 0 unspecified atom stereocenters. The molecule has 0 aliphatic rings. The van der Waals surface area contributed by atoms with Crippen LogP contribution in [0.25, 0.3) is 0 Å². The molecule has 0 radical (unpaired) electrons. The lowest BCUT2D eigenvalue weighted by Crippen LogP contribution is -1.96. The van der Waals surface area contributed by atoms with Crippen molar-refractivity contribution in [1.29, 1.82) is 5.26 Å². The second-order valence-corrected chi connectivity index (χ2v) is 2.53. The first kappa shape index (κ1) is 9.93. The predicted molar refractivity (Wildman–Crippen MR) is 48.5 cm³/mol. The lowest BCUT2D eigenvalue weighted by atomic mass is 10.1. The molecular weight excluding hydrogens is 182 g/mol. The summed E-state index contributed by atoms with van der Waals surface area (Å²) in [6, 6.07) is 4.59. The van der Waals surface area contributed by atoms with Gasteiger partial charge in [-0.05, 0) is 12.1 Å².